The summed E-state index contributed by atoms with van der Waals surface area (Å²) in [4.78, 5) is 16.5. The number of amides is 1. The van der Waals surface area contributed by atoms with E-state index < -0.39 is 0 Å². The molecule has 0 unspecified atom stereocenters. The molecular formula is C19H29N3O2. The highest BCUT2D eigenvalue weighted by Gasteiger charge is 2.17. The van der Waals surface area contributed by atoms with Crippen LogP contribution < -0.4 is 5.32 Å². The first-order chi connectivity index (χ1) is 11.8. The first kappa shape index (κ1) is 18.6. The molecule has 1 aliphatic rings. The molecule has 1 amide bonds. The molecule has 1 aliphatic heterocycles. The Kier molecular flexibility index (Phi) is 8.52. The maximum absolute atomic E-state index is 11.9. The molecule has 132 valence electrons. The smallest absolute Gasteiger partial charge is 0.234 e. The van der Waals surface area contributed by atoms with Gasteiger partial charge in [-0.25, -0.2) is 0 Å². The van der Waals surface area contributed by atoms with E-state index in [-0.39, 0.29) is 5.91 Å². The fraction of sp³-hybridized carbons (Fsp3) is 0.526. The zero-order chi connectivity index (χ0) is 17.0. The monoisotopic (exact) mass is 331 g/mol. The van der Waals surface area contributed by atoms with Crippen molar-refractivity contribution in [1.29, 1.82) is 0 Å². The maximum atomic E-state index is 11.9. The van der Waals surface area contributed by atoms with Crippen molar-refractivity contribution in [2.45, 2.75) is 6.42 Å². The van der Waals surface area contributed by atoms with Gasteiger partial charge in [0.2, 0.25) is 5.91 Å². The van der Waals surface area contributed by atoms with Gasteiger partial charge in [-0.05, 0) is 12.0 Å². The zero-order valence-electron chi connectivity index (χ0n) is 14.6. The molecule has 2 rings (SSSR count). The first-order valence-electron chi connectivity index (χ1n) is 8.70. The third-order valence-electron chi connectivity index (χ3n) is 4.15. The van der Waals surface area contributed by atoms with Crippen molar-refractivity contribution in [3.63, 3.8) is 0 Å². The van der Waals surface area contributed by atoms with Gasteiger partial charge in [-0.3, -0.25) is 14.6 Å². The maximum Gasteiger partial charge on any atom is 0.234 e. The molecule has 0 atom stereocenters. The lowest BCUT2D eigenvalue weighted by molar-refractivity contribution is -0.122. The quantitative estimate of drug-likeness (QED) is 0.696. The van der Waals surface area contributed by atoms with Gasteiger partial charge in [0.05, 0.1) is 6.54 Å². The molecule has 1 aromatic carbocycles. The minimum atomic E-state index is 0.114. The second kappa shape index (κ2) is 11.0. The van der Waals surface area contributed by atoms with E-state index >= 15 is 0 Å². The summed E-state index contributed by atoms with van der Waals surface area (Å²) in [5.41, 5.74) is 1.24. The summed E-state index contributed by atoms with van der Waals surface area (Å²) in [5.74, 6) is 0.114. The van der Waals surface area contributed by atoms with Crippen LogP contribution in [0.2, 0.25) is 0 Å². The third kappa shape index (κ3) is 7.25. The van der Waals surface area contributed by atoms with Gasteiger partial charge in [0, 0.05) is 53.0 Å². The molecule has 24 heavy (non-hydrogen) atoms. The van der Waals surface area contributed by atoms with Gasteiger partial charge >= 0.3 is 0 Å². The molecule has 0 bridgehead atoms. The molecule has 5 nitrogen and oxygen atoms in total. The molecule has 1 saturated heterocycles. The number of nitrogens with zero attached hydrogens (tertiary/aromatic N) is 2. The van der Waals surface area contributed by atoms with Crippen molar-refractivity contribution in [2.24, 2.45) is 0 Å². The number of methoxy groups -OCH3 is 1. The first-order valence-corrected chi connectivity index (χ1v) is 8.70. The Bertz CT molecular complexity index is 497. The van der Waals surface area contributed by atoms with E-state index in [1.54, 1.807) is 7.11 Å². The number of nitrogens with one attached hydrogen (secondary N) is 1. The predicted molar refractivity (Wildman–Crippen MR) is 97.9 cm³/mol. The number of piperazine rings is 1. The van der Waals surface area contributed by atoms with Crippen LogP contribution in [-0.2, 0) is 9.53 Å². The Morgan fingerprint density at radius 1 is 1.17 bits per heavy atom. The zero-order valence-corrected chi connectivity index (χ0v) is 14.6. The van der Waals surface area contributed by atoms with E-state index in [9.17, 15) is 4.79 Å². The highest BCUT2D eigenvalue weighted by Crippen LogP contribution is 2.04. The lowest BCUT2D eigenvalue weighted by Crippen LogP contribution is -2.49. The van der Waals surface area contributed by atoms with Crippen molar-refractivity contribution in [3.8, 4) is 0 Å². The van der Waals surface area contributed by atoms with Gasteiger partial charge < -0.3 is 10.1 Å². The minimum absolute atomic E-state index is 0.114. The van der Waals surface area contributed by atoms with Gasteiger partial charge in [0.1, 0.15) is 0 Å². The summed E-state index contributed by atoms with van der Waals surface area (Å²) in [7, 11) is 1.68. The number of ether oxygens (including phenoxy) is 1. The van der Waals surface area contributed by atoms with Crippen LogP contribution in [0.5, 0.6) is 0 Å². The number of hydrogen-bond donors (Lipinski definition) is 1. The van der Waals surface area contributed by atoms with Gasteiger partial charge in [-0.2, -0.15) is 0 Å². The van der Waals surface area contributed by atoms with Gasteiger partial charge in [0.25, 0.3) is 0 Å². The summed E-state index contributed by atoms with van der Waals surface area (Å²) in [6, 6.07) is 10.4. The summed E-state index contributed by atoms with van der Waals surface area (Å²) < 4.78 is 4.97. The highest BCUT2D eigenvalue weighted by molar-refractivity contribution is 5.77. The average Bonchev–Trinajstić information content (AvgIpc) is 2.61. The molecule has 0 aliphatic carbocycles. The van der Waals surface area contributed by atoms with E-state index in [2.05, 4.69) is 51.5 Å². The number of benzene rings is 1. The molecule has 0 saturated carbocycles. The SMILES string of the molecule is COCCCNC(=O)CN1CCN(C/C=C/c2ccccc2)CC1. The third-order valence-corrected chi connectivity index (χ3v) is 4.15. The molecule has 1 N–H and O–H groups in total. The summed E-state index contributed by atoms with van der Waals surface area (Å²) in [6.07, 6.45) is 5.25. The van der Waals surface area contributed by atoms with Crippen LogP contribution in [0, 0.1) is 0 Å². The summed E-state index contributed by atoms with van der Waals surface area (Å²) in [5, 5.41) is 2.94. The molecule has 1 fully saturated rings. The van der Waals surface area contributed by atoms with Gasteiger partial charge in [0.15, 0.2) is 0 Å². The Hall–Kier alpha value is -1.69. The number of carbonyl (C=O) groups excluding carboxylic acids is 1. The van der Waals surface area contributed by atoms with Crippen molar-refractivity contribution < 1.29 is 9.53 Å². The number of carbonyl (C=O) groups is 1. The molecular weight excluding hydrogens is 302 g/mol. The second-order valence-corrected chi connectivity index (χ2v) is 6.09. The predicted octanol–water partition coefficient (Wildman–Crippen LogP) is 1.47. The van der Waals surface area contributed by atoms with E-state index in [4.69, 9.17) is 4.74 Å². The Morgan fingerprint density at radius 2 is 1.88 bits per heavy atom. The lowest BCUT2D eigenvalue weighted by Gasteiger charge is -2.33. The molecule has 1 aromatic rings. The van der Waals surface area contributed by atoms with E-state index in [0.717, 1.165) is 39.1 Å². The van der Waals surface area contributed by atoms with Crippen LogP contribution in [0.25, 0.3) is 6.08 Å². The summed E-state index contributed by atoms with van der Waals surface area (Å²) >= 11 is 0. The fourth-order valence-electron chi connectivity index (χ4n) is 2.74. The van der Waals surface area contributed by atoms with E-state index in [1.807, 2.05) is 6.07 Å². The fourth-order valence-corrected chi connectivity index (χ4v) is 2.74. The van der Waals surface area contributed by atoms with Crippen LogP contribution in [0.15, 0.2) is 36.4 Å². The van der Waals surface area contributed by atoms with Gasteiger partial charge in [-0.15, -0.1) is 0 Å². The largest absolute Gasteiger partial charge is 0.385 e. The minimum Gasteiger partial charge on any atom is -0.385 e. The number of rotatable bonds is 9. The standard InChI is InChI=1S/C19H29N3O2/c1-24-16-6-10-20-19(23)17-22-14-12-21(13-15-22)11-5-9-18-7-3-2-4-8-18/h2-5,7-9H,6,10-17H2,1H3,(H,20,23)/b9-5+. The van der Waals surface area contributed by atoms with Crippen LogP contribution in [-0.4, -0.2) is 75.2 Å². The van der Waals surface area contributed by atoms with Crippen LogP contribution in [0.1, 0.15) is 12.0 Å². The van der Waals surface area contributed by atoms with Gasteiger partial charge in [-0.1, -0.05) is 42.5 Å². The molecule has 0 spiro atoms. The van der Waals surface area contributed by atoms with Crippen molar-refractivity contribution in [1.82, 2.24) is 15.1 Å². The van der Waals surface area contributed by atoms with Crippen LogP contribution >= 0.6 is 0 Å². The van der Waals surface area contributed by atoms with Crippen molar-refractivity contribution >= 4 is 12.0 Å². The lowest BCUT2D eigenvalue weighted by atomic mass is 10.2. The van der Waals surface area contributed by atoms with E-state index in [0.29, 0.717) is 19.7 Å². The van der Waals surface area contributed by atoms with Crippen LogP contribution in [0.4, 0.5) is 0 Å². The number of hydrogen-bond acceptors (Lipinski definition) is 4. The highest BCUT2D eigenvalue weighted by atomic mass is 16.5. The Morgan fingerprint density at radius 3 is 2.58 bits per heavy atom. The van der Waals surface area contributed by atoms with E-state index in [1.165, 1.54) is 5.56 Å². The molecule has 0 radical (unpaired) electrons. The average molecular weight is 331 g/mol. The molecule has 1 heterocycles. The second-order valence-electron chi connectivity index (χ2n) is 6.09. The Labute approximate surface area is 145 Å². The van der Waals surface area contributed by atoms with Crippen molar-refractivity contribution in [2.75, 3.05) is 59.5 Å². The molecule has 0 aromatic heterocycles. The Balaban J connectivity index is 1.59. The summed E-state index contributed by atoms with van der Waals surface area (Å²) in [6.45, 7) is 6.76. The normalized spacial score (nSPS) is 16.5. The topological polar surface area (TPSA) is 44.8 Å². The van der Waals surface area contributed by atoms with Crippen molar-refractivity contribution in [3.05, 3.63) is 42.0 Å². The van der Waals surface area contributed by atoms with Crippen LogP contribution in [0.3, 0.4) is 0 Å². The molecule has 5 heteroatoms.